The third-order valence-corrected chi connectivity index (χ3v) is 5.64. The van der Waals surface area contributed by atoms with Gasteiger partial charge in [-0.05, 0) is 24.8 Å². The van der Waals surface area contributed by atoms with E-state index in [2.05, 4.69) is 13.8 Å². The van der Waals surface area contributed by atoms with Gasteiger partial charge in [-0.1, -0.05) is 82.5 Å². The summed E-state index contributed by atoms with van der Waals surface area (Å²) in [6.45, 7) is 8.99. The van der Waals surface area contributed by atoms with Gasteiger partial charge < -0.3 is 9.47 Å². The lowest BCUT2D eigenvalue weighted by atomic mass is 9.87. The Morgan fingerprint density at radius 3 is 2.72 bits per heavy atom. The summed E-state index contributed by atoms with van der Waals surface area (Å²) in [5.74, 6) is -0.0601. The van der Waals surface area contributed by atoms with Gasteiger partial charge in [-0.3, -0.25) is 4.79 Å². The molecular weight excluding hydrogens is 366 g/mol. The molecule has 3 atom stereocenters. The number of ether oxygens (including phenoxy) is 2. The Balaban J connectivity index is 2.17. The summed E-state index contributed by atoms with van der Waals surface area (Å²) in [6, 6.07) is 9.65. The molecule has 0 bridgehead atoms. The standard InChI is InChI=1S/C24H35NO4/c1-5-7-8-12-15-24(4,18-28-16-20-13-10-9-11-14-20)22(26)25-21(19(3)6-2)17-29-23(25)27/h9-15,19,21H,5-8,16-18H2,1-4H3/b15-12-/t19?,21-,24-/m1/s1. The highest BCUT2D eigenvalue weighted by atomic mass is 16.6. The van der Waals surface area contributed by atoms with Gasteiger partial charge in [-0.25, -0.2) is 9.69 Å². The summed E-state index contributed by atoms with van der Waals surface area (Å²) in [5, 5.41) is 0. The van der Waals surface area contributed by atoms with E-state index >= 15 is 0 Å². The number of rotatable bonds is 11. The highest BCUT2D eigenvalue weighted by Crippen LogP contribution is 2.30. The number of carbonyl (C=O) groups excluding carboxylic acids is 2. The zero-order valence-corrected chi connectivity index (χ0v) is 18.2. The van der Waals surface area contributed by atoms with Crippen molar-refractivity contribution in [1.29, 1.82) is 0 Å². The maximum absolute atomic E-state index is 13.5. The second kappa shape index (κ2) is 11.1. The first-order chi connectivity index (χ1) is 13.9. The van der Waals surface area contributed by atoms with E-state index in [1.807, 2.05) is 56.3 Å². The van der Waals surface area contributed by atoms with Crippen molar-refractivity contribution in [3.05, 3.63) is 48.0 Å². The van der Waals surface area contributed by atoms with Crippen molar-refractivity contribution in [3.8, 4) is 0 Å². The molecule has 1 aliphatic heterocycles. The molecule has 0 saturated carbocycles. The first-order valence-electron chi connectivity index (χ1n) is 10.7. The summed E-state index contributed by atoms with van der Waals surface area (Å²) < 4.78 is 11.2. The number of amides is 2. The van der Waals surface area contributed by atoms with E-state index in [0.717, 1.165) is 31.2 Å². The number of unbranched alkanes of at least 4 members (excludes halogenated alkanes) is 2. The predicted octanol–water partition coefficient (Wildman–Crippen LogP) is 5.35. The van der Waals surface area contributed by atoms with Crippen LogP contribution in [0.3, 0.4) is 0 Å². The van der Waals surface area contributed by atoms with E-state index < -0.39 is 11.5 Å². The van der Waals surface area contributed by atoms with Crippen LogP contribution in [0.15, 0.2) is 42.5 Å². The van der Waals surface area contributed by atoms with Crippen LogP contribution in [0, 0.1) is 11.3 Å². The zero-order chi connectivity index (χ0) is 21.3. The largest absolute Gasteiger partial charge is 0.447 e. The van der Waals surface area contributed by atoms with E-state index in [4.69, 9.17) is 9.47 Å². The smallest absolute Gasteiger partial charge is 0.417 e. The van der Waals surface area contributed by atoms with Crippen LogP contribution < -0.4 is 0 Å². The maximum atomic E-state index is 13.5. The van der Waals surface area contributed by atoms with E-state index in [1.165, 1.54) is 4.90 Å². The topological polar surface area (TPSA) is 55.8 Å². The molecule has 0 spiro atoms. The highest BCUT2D eigenvalue weighted by molar-refractivity contribution is 5.97. The summed E-state index contributed by atoms with van der Waals surface area (Å²) in [7, 11) is 0. The fourth-order valence-corrected chi connectivity index (χ4v) is 3.44. The first kappa shape index (κ1) is 23.1. The number of carbonyl (C=O) groups is 2. The Hall–Kier alpha value is -2.14. The quantitative estimate of drug-likeness (QED) is 0.370. The SMILES string of the molecule is CCCC/C=C\[C@](C)(COCc1ccccc1)C(=O)N1C(=O)OC[C@@H]1C(C)CC. The van der Waals surface area contributed by atoms with Crippen LogP contribution >= 0.6 is 0 Å². The number of nitrogens with zero attached hydrogens (tertiary/aromatic N) is 1. The predicted molar refractivity (Wildman–Crippen MR) is 114 cm³/mol. The molecule has 1 aliphatic rings. The molecular formula is C24H35NO4. The summed E-state index contributed by atoms with van der Waals surface area (Å²) >= 11 is 0. The Kier molecular flexibility index (Phi) is 8.90. The van der Waals surface area contributed by atoms with E-state index in [-0.39, 0.29) is 31.1 Å². The zero-order valence-electron chi connectivity index (χ0n) is 18.2. The molecule has 1 heterocycles. The van der Waals surface area contributed by atoms with Crippen LogP contribution in [0.25, 0.3) is 0 Å². The van der Waals surface area contributed by atoms with Crippen LogP contribution in [-0.4, -0.2) is 36.2 Å². The molecule has 0 aliphatic carbocycles. The lowest BCUT2D eigenvalue weighted by Gasteiger charge is -2.32. The molecule has 1 unspecified atom stereocenters. The molecule has 0 radical (unpaired) electrons. The fourth-order valence-electron chi connectivity index (χ4n) is 3.44. The molecule has 0 aromatic heterocycles. The van der Waals surface area contributed by atoms with Gasteiger partial charge in [0.2, 0.25) is 5.91 Å². The van der Waals surface area contributed by atoms with Crippen molar-refractivity contribution in [2.45, 2.75) is 66.0 Å². The fraction of sp³-hybridized carbons (Fsp3) is 0.583. The van der Waals surface area contributed by atoms with Gasteiger partial charge in [0.25, 0.3) is 0 Å². The maximum Gasteiger partial charge on any atom is 0.417 e. The monoisotopic (exact) mass is 401 g/mol. The number of allylic oxidation sites excluding steroid dienone is 1. The highest BCUT2D eigenvalue weighted by Gasteiger charge is 2.46. The first-order valence-corrected chi connectivity index (χ1v) is 10.7. The van der Waals surface area contributed by atoms with Crippen LogP contribution in [0.2, 0.25) is 0 Å². The van der Waals surface area contributed by atoms with Crippen LogP contribution in [0.5, 0.6) is 0 Å². The van der Waals surface area contributed by atoms with Crippen LogP contribution in [-0.2, 0) is 20.9 Å². The van der Waals surface area contributed by atoms with Crippen molar-refractivity contribution in [2.75, 3.05) is 13.2 Å². The van der Waals surface area contributed by atoms with E-state index in [0.29, 0.717) is 6.61 Å². The number of cyclic esters (lactones) is 1. The molecule has 0 N–H and O–H groups in total. The molecule has 1 saturated heterocycles. The third kappa shape index (κ3) is 6.17. The van der Waals surface area contributed by atoms with Crippen LogP contribution in [0.4, 0.5) is 4.79 Å². The average molecular weight is 402 g/mol. The van der Waals surface area contributed by atoms with Gasteiger partial charge in [0.1, 0.15) is 6.61 Å². The van der Waals surface area contributed by atoms with Crippen molar-refractivity contribution >= 4 is 12.0 Å². The Labute approximate surface area is 175 Å². The van der Waals surface area contributed by atoms with Gasteiger partial charge in [-0.15, -0.1) is 0 Å². The Bertz CT molecular complexity index is 687. The van der Waals surface area contributed by atoms with Gasteiger partial charge in [0, 0.05) is 0 Å². The van der Waals surface area contributed by atoms with E-state index in [1.54, 1.807) is 0 Å². The van der Waals surface area contributed by atoms with E-state index in [9.17, 15) is 9.59 Å². The van der Waals surface area contributed by atoms with Crippen molar-refractivity contribution in [2.24, 2.45) is 11.3 Å². The summed E-state index contributed by atoms with van der Waals surface area (Å²) in [5.41, 5.74) is 0.132. The number of imide groups is 1. The number of benzene rings is 1. The third-order valence-electron chi connectivity index (χ3n) is 5.64. The molecule has 1 aromatic carbocycles. The lowest BCUT2D eigenvalue weighted by molar-refractivity contribution is -0.140. The average Bonchev–Trinajstić information content (AvgIpc) is 3.12. The minimum absolute atomic E-state index is 0.184. The van der Waals surface area contributed by atoms with Crippen molar-refractivity contribution in [3.63, 3.8) is 0 Å². The summed E-state index contributed by atoms with van der Waals surface area (Å²) in [6.07, 6.45) is 7.33. The number of hydrogen-bond acceptors (Lipinski definition) is 4. The Morgan fingerprint density at radius 1 is 1.34 bits per heavy atom. The van der Waals surface area contributed by atoms with Crippen molar-refractivity contribution < 1.29 is 19.1 Å². The Morgan fingerprint density at radius 2 is 2.07 bits per heavy atom. The van der Waals surface area contributed by atoms with Crippen molar-refractivity contribution in [1.82, 2.24) is 4.90 Å². The number of hydrogen-bond donors (Lipinski definition) is 0. The molecule has 1 aromatic rings. The molecule has 160 valence electrons. The molecule has 2 amide bonds. The molecule has 29 heavy (non-hydrogen) atoms. The van der Waals surface area contributed by atoms with Gasteiger partial charge >= 0.3 is 6.09 Å². The molecule has 2 rings (SSSR count). The summed E-state index contributed by atoms with van der Waals surface area (Å²) in [4.78, 5) is 27.2. The molecule has 1 fully saturated rings. The second-order valence-corrected chi connectivity index (χ2v) is 8.15. The molecule has 5 heteroatoms. The lowest BCUT2D eigenvalue weighted by Crippen LogP contribution is -2.50. The normalized spacial score (nSPS) is 19.9. The van der Waals surface area contributed by atoms with Gasteiger partial charge in [0.05, 0.1) is 24.7 Å². The van der Waals surface area contributed by atoms with Gasteiger partial charge in [-0.2, -0.15) is 0 Å². The molecule has 5 nitrogen and oxygen atoms in total. The minimum atomic E-state index is -0.919. The second-order valence-electron chi connectivity index (χ2n) is 8.15. The van der Waals surface area contributed by atoms with Gasteiger partial charge in [0.15, 0.2) is 0 Å². The van der Waals surface area contributed by atoms with Crippen LogP contribution in [0.1, 0.15) is 58.9 Å². The minimum Gasteiger partial charge on any atom is -0.447 e.